The van der Waals surface area contributed by atoms with Crippen LogP contribution in [-0.4, -0.2) is 35.4 Å². The molecule has 19 heavy (non-hydrogen) atoms. The molecule has 0 heterocycles. The fourth-order valence-electron chi connectivity index (χ4n) is 1.30. The molecule has 2 N–H and O–H groups in total. The molecule has 5 nitrogen and oxygen atoms in total. The van der Waals surface area contributed by atoms with Gasteiger partial charge in [0.15, 0.2) is 6.10 Å². The molecule has 0 spiro atoms. The van der Waals surface area contributed by atoms with Gasteiger partial charge < -0.3 is 15.2 Å². The Bertz CT molecular complexity index is 446. The smallest absolute Gasteiger partial charge is 0.325 e. The molecule has 1 rings (SSSR count). The first-order valence-electron chi connectivity index (χ1n) is 5.78. The number of carbonyl (C=O) groups is 2. The van der Waals surface area contributed by atoms with Crippen molar-refractivity contribution >= 4 is 23.6 Å². The van der Waals surface area contributed by atoms with Crippen LogP contribution in [-0.2, 0) is 9.59 Å². The molecule has 6 heteroatoms. The van der Waals surface area contributed by atoms with Crippen molar-refractivity contribution in [2.45, 2.75) is 30.9 Å². The summed E-state index contributed by atoms with van der Waals surface area (Å²) in [4.78, 5) is 23.4. The molecular formula is C13H17NO4S. The molecule has 104 valence electrons. The Kier molecular flexibility index (Phi) is 5.69. The first kappa shape index (κ1) is 15.4. The number of benzene rings is 1. The lowest BCUT2D eigenvalue weighted by atomic mass is 10.3. The second-order valence-electron chi connectivity index (χ2n) is 4.00. The first-order chi connectivity index (χ1) is 8.93. The third-order valence-electron chi connectivity index (χ3n) is 2.47. The number of nitrogens with one attached hydrogen (secondary N) is 1. The van der Waals surface area contributed by atoms with Gasteiger partial charge in [-0.25, -0.2) is 0 Å². The number of aliphatic carboxylic acids is 1. The highest BCUT2D eigenvalue weighted by Gasteiger charge is 2.20. The molecule has 1 aromatic rings. The van der Waals surface area contributed by atoms with Crippen molar-refractivity contribution < 1.29 is 19.4 Å². The predicted molar refractivity (Wildman–Crippen MR) is 73.6 cm³/mol. The van der Waals surface area contributed by atoms with E-state index >= 15 is 0 Å². The van der Waals surface area contributed by atoms with E-state index in [4.69, 9.17) is 9.84 Å². The minimum Gasteiger partial charge on any atom is -0.481 e. The summed E-state index contributed by atoms with van der Waals surface area (Å²) in [7, 11) is 0. The second-order valence-corrected chi connectivity index (χ2v) is 4.88. The molecule has 0 bridgehead atoms. The molecule has 0 radical (unpaired) electrons. The zero-order chi connectivity index (χ0) is 14.4. The maximum absolute atomic E-state index is 11.7. The van der Waals surface area contributed by atoms with Crippen LogP contribution in [0.5, 0.6) is 5.75 Å². The zero-order valence-corrected chi connectivity index (χ0v) is 11.9. The van der Waals surface area contributed by atoms with Crippen molar-refractivity contribution in [1.82, 2.24) is 5.32 Å². The number of ether oxygens (including phenoxy) is 1. The van der Waals surface area contributed by atoms with Crippen LogP contribution < -0.4 is 10.1 Å². The average molecular weight is 283 g/mol. The standard InChI is InChI=1S/C13H17NO4S/c1-8(13(16)17)14-12(15)9(2)18-10-4-6-11(19-3)7-5-10/h4-9H,1-3H3,(H,14,15)(H,16,17). The Balaban J connectivity index is 2.55. The van der Waals surface area contributed by atoms with E-state index in [-0.39, 0.29) is 0 Å². The van der Waals surface area contributed by atoms with Gasteiger partial charge in [0.05, 0.1) is 0 Å². The molecule has 0 saturated carbocycles. The van der Waals surface area contributed by atoms with E-state index in [1.165, 1.54) is 6.92 Å². The van der Waals surface area contributed by atoms with E-state index in [0.717, 1.165) is 4.90 Å². The summed E-state index contributed by atoms with van der Waals surface area (Å²) in [5.41, 5.74) is 0. The van der Waals surface area contributed by atoms with Crippen LogP contribution in [0.2, 0.25) is 0 Å². The average Bonchev–Trinajstić information content (AvgIpc) is 2.39. The van der Waals surface area contributed by atoms with E-state index in [2.05, 4.69) is 5.32 Å². The van der Waals surface area contributed by atoms with Gasteiger partial charge in [-0.15, -0.1) is 11.8 Å². The summed E-state index contributed by atoms with van der Waals surface area (Å²) in [6.45, 7) is 2.98. The fraction of sp³-hybridized carbons (Fsp3) is 0.385. The van der Waals surface area contributed by atoms with Gasteiger partial charge >= 0.3 is 5.97 Å². The van der Waals surface area contributed by atoms with Crippen LogP contribution in [0.25, 0.3) is 0 Å². The lowest BCUT2D eigenvalue weighted by Crippen LogP contribution is -2.44. The summed E-state index contributed by atoms with van der Waals surface area (Å²) >= 11 is 1.61. The molecule has 1 aromatic carbocycles. The Morgan fingerprint density at radius 2 is 1.84 bits per heavy atom. The molecule has 0 aliphatic heterocycles. The summed E-state index contributed by atoms with van der Waals surface area (Å²) in [5, 5.41) is 11.1. The van der Waals surface area contributed by atoms with Crippen LogP contribution >= 0.6 is 11.8 Å². The van der Waals surface area contributed by atoms with E-state index in [1.54, 1.807) is 30.8 Å². The highest BCUT2D eigenvalue weighted by atomic mass is 32.2. The van der Waals surface area contributed by atoms with Crippen molar-refractivity contribution in [2.75, 3.05) is 6.26 Å². The highest BCUT2D eigenvalue weighted by Crippen LogP contribution is 2.19. The minimum absolute atomic E-state index is 0.455. The number of thioether (sulfide) groups is 1. The Labute approximate surface area is 116 Å². The van der Waals surface area contributed by atoms with Crippen LogP contribution in [0.1, 0.15) is 13.8 Å². The summed E-state index contributed by atoms with van der Waals surface area (Å²) in [6.07, 6.45) is 1.22. The zero-order valence-electron chi connectivity index (χ0n) is 11.0. The van der Waals surface area contributed by atoms with Crippen molar-refractivity contribution in [3.05, 3.63) is 24.3 Å². The van der Waals surface area contributed by atoms with E-state index in [9.17, 15) is 9.59 Å². The topological polar surface area (TPSA) is 75.6 Å². The molecule has 0 aliphatic rings. The van der Waals surface area contributed by atoms with Gasteiger partial charge in [-0.3, -0.25) is 9.59 Å². The molecule has 2 atom stereocenters. The third-order valence-corrected chi connectivity index (χ3v) is 3.21. The van der Waals surface area contributed by atoms with Crippen LogP contribution in [0.15, 0.2) is 29.2 Å². The van der Waals surface area contributed by atoms with Crippen molar-refractivity contribution in [3.63, 3.8) is 0 Å². The van der Waals surface area contributed by atoms with E-state index in [0.29, 0.717) is 5.75 Å². The molecule has 0 aliphatic carbocycles. The molecule has 0 saturated heterocycles. The fourth-order valence-corrected chi connectivity index (χ4v) is 1.71. The molecule has 0 fully saturated rings. The molecule has 2 unspecified atom stereocenters. The summed E-state index contributed by atoms with van der Waals surface area (Å²) in [5.74, 6) is -0.961. The predicted octanol–water partition coefficient (Wildman–Crippen LogP) is 1.77. The molecule has 0 aromatic heterocycles. The number of carboxylic acid groups (broad SMARTS) is 1. The number of hydrogen-bond donors (Lipinski definition) is 2. The number of rotatable bonds is 6. The van der Waals surface area contributed by atoms with Crippen molar-refractivity contribution in [2.24, 2.45) is 0 Å². The Morgan fingerprint density at radius 3 is 2.32 bits per heavy atom. The Morgan fingerprint density at radius 1 is 1.26 bits per heavy atom. The normalized spacial score (nSPS) is 13.4. The molecule has 1 amide bonds. The van der Waals surface area contributed by atoms with Gasteiger partial charge in [0, 0.05) is 4.90 Å². The maximum atomic E-state index is 11.7. The van der Waals surface area contributed by atoms with Crippen molar-refractivity contribution in [1.29, 1.82) is 0 Å². The monoisotopic (exact) mass is 283 g/mol. The van der Waals surface area contributed by atoms with Gasteiger partial charge in [-0.1, -0.05) is 0 Å². The number of carbonyl (C=O) groups excluding carboxylic acids is 1. The Hall–Kier alpha value is -1.69. The van der Waals surface area contributed by atoms with Crippen molar-refractivity contribution in [3.8, 4) is 5.75 Å². The van der Waals surface area contributed by atoms with Gasteiger partial charge in [-0.05, 0) is 44.4 Å². The second kappa shape index (κ2) is 7.04. The van der Waals surface area contributed by atoms with Crippen LogP contribution in [0.4, 0.5) is 0 Å². The quantitative estimate of drug-likeness (QED) is 0.778. The van der Waals surface area contributed by atoms with E-state index in [1.807, 2.05) is 18.4 Å². The number of hydrogen-bond acceptors (Lipinski definition) is 4. The van der Waals surface area contributed by atoms with Gasteiger partial charge in [0.1, 0.15) is 11.8 Å². The van der Waals surface area contributed by atoms with E-state index < -0.39 is 24.0 Å². The third kappa shape index (κ3) is 4.82. The SMILES string of the molecule is CSc1ccc(OC(C)C(=O)NC(C)C(=O)O)cc1. The van der Waals surface area contributed by atoms with Gasteiger partial charge in [-0.2, -0.15) is 0 Å². The molecular weight excluding hydrogens is 266 g/mol. The van der Waals surface area contributed by atoms with Gasteiger partial charge in [0.25, 0.3) is 5.91 Å². The number of amides is 1. The van der Waals surface area contributed by atoms with Gasteiger partial charge in [0.2, 0.25) is 0 Å². The lowest BCUT2D eigenvalue weighted by molar-refractivity contribution is -0.142. The van der Waals surface area contributed by atoms with Crippen LogP contribution in [0, 0.1) is 0 Å². The summed E-state index contributed by atoms with van der Waals surface area (Å²) < 4.78 is 5.44. The minimum atomic E-state index is -1.08. The highest BCUT2D eigenvalue weighted by molar-refractivity contribution is 7.98. The maximum Gasteiger partial charge on any atom is 0.325 e. The van der Waals surface area contributed by atoms with Crippen LogP contribution in [0.3, 0.4) is 0 Å². The lowest BCUT2D eigenvalue weighted by Gasteiger charge is -2.16. The first-order valence-corrected chi connectivity index (χ1v) is 7.00. The summed E-state index contributed by atoms with van der Waals surface area (Å²) in [6, 6.07) is 6.40. The largest absolute Gasteiger partial charge is 0.481 e. The number of carboxylic acids is 1.